The minimum Gasteiger partial charge on any atom is -0.381 e. The number of ether oxygens (including phenoxy) is 1. The Morgan fingerprint density at radius 1 is 1.37 bits per heavy atom. The lowest BCUT2D eigenvalue weighted by Crippen LogP contribution is -2.43. The van der Waals surface area contributed by atoms with E-state index in [-0.39, 0.29) is 5.54 Å². The van der Waals surface area contributed by atoms with Crippen molar-refractivity contribution in [3.05, 3.63) is 0 Å². The zero-order valence-corrected chi connectivity index (χ0v) is 13.2. The zero-order valence-electron chi connectivity index (χ0n) is 12.4. The summed E-state index contributed by atoms with van der Waals surface area (Å²) in [5, 5.41) is 13.6. The van der Waals surface area contributed by atoms with E-state index in [1.54, 1.807) is 0 Å². The second kappa shape index (κ2) is 9.63. The fourth-order valence-corrected chi connectivity index (χ4v) is 3.57. The van der Waals surface area contributed by atoms with Gasteiger partial charge in [-0.2, -0.15) is 17.0 Å². The summed E-state index contributed by atoms with van der Waals surface area (Å²) in [5.74, 6) is 1.17. The predicted octanol–water partition coefficient (Wildman–Crippen LogP) is 3.35. The SMILES string of the molecule is CCCNC(C#N)(CC)CCCSC1CCOCC1. The summed E-state index contributed by atoms with van der Waals surface area (Å²) < 4.78 is 5.37. The van der Waals surface area contributed by atoms with Gasteiger partial charge >= 0.3 is 0 Å². The molecule has 0 radical (unpaired) electrons. The number of thioether (sulfide) groups is 1. The topological polar surface area (TPSA) is 45.0 Å². The van der Waals surface area contributed by atoms with Gasteiger partial charge in [-0.15, -0.1) is 0 Å². The normalized spacial score (nSPS) is 19.8. The Hall–Kier alpha value is -0.240. The molecule has 3 nitrogen and oxygen atoms in total. The first-order valence-electron chi connectivity index (χ1n) is 7.62. The number of nitrogens with zero attached hydrogens (tertiary/aromatic N) is 1. The van der Waals surface area contributed by atoms with Crippen LogP contribution in [0.1, 0.15) is 52.4 Å². The Morgan fingerprint density at radius 2 is 2.11 bits per heavy atom. The van der Waals surface area contributed by atoms with Gasteiger partial charge in [0.25, 0.3) is 0 Å². The molecule has 0 aliphatic carbocycles. The van der Waals surface area contributed by atoms with Crippen molar-refractivity contribution in [1.29, 1.82) is 5.26 Å². The summed E-state index contributed by atoms with van der Waals surface area (Å²) in [6.07, 6.45) is 6.45. The molecule has 1 rings (SSSR count). The van der Waals surface area contributed by atoms with E-state index in [2.05, 4.69) is 37.0 Å². The molecule has 110 valence electrons. The third kappa shape index (κ3) is 6.16. The average Bonchev–Trinajstić information content (AvgIpc) is 2.48. The molecule has 0 spiro atoms. The van der Waals surface area contributed by atoms with E-state index in [4.69, 9.17) is 4.74 Å². The van der Waals surface area contributed by atoms with Gasteiger partial charge in [0, 0.05) is 18.5 Å². The van der Waals surface area contributed by atoms with E-state index in [1.807, 2.05) is 0 Å². The summed E-state index contributed by atoms with van der Waals surface area (Å²) in [5.41, 5.74) is -0.299. The average molecular weight is 284 g/mol. The fourth-order valence-electron chi connectivity index (χ4n) is 2.40. The maximum atomic E-state index is 9.42. The van der Waals surface area contributed by atoms with Gasteiger partial charge < -0.3 is 4.74 Å². The smallest absolute Gasteiger partial charge is 0.106 e. The highest BCUT2D eigenvalue weighted by Gasteiger charge is 2.26. The monoisotopic (exact) mass is 284 g/mol. The molecule has 1 aliphatic rings. The largest absolute Gasteiger partial charge is 0.381 e. The van der Waals surface area contributed by atoms with E-state index in [0.717, 1.165) is 50.7 Å². The lowest BCUT2D eigenvalue weighted by Gasteiger charge is -2.27. The van der Waals surface area contributed by atoms with Crippen LogP contribution in [0.3, 0.4) is 0 Å². The van der Waals surface area contributed by atoms with Gasteiger partial charge in [-0.05, 0) is 50.8 Å². The molecule has 1 fully saturated rings. The molecule has 0 aromatic rings. The van der Waals surface area contributed by atoms with Crippen LogP contribution in [0.4, 0.5) is 0 Å². The van der Waals surface area contributed by atoms with Crippen molar-refractivity contribution in [3.8, 4) is 6.07 Å². The Balaban J connectivity index is 2.22. The van der Waals surface area contributed by atoms with Crippen molar-refractivity contribution in [2.24, 2.45) is 0 Å². The van der Waals surface area contributed by atoms with E-state index >= 15 is 0 Å². The molecule has 0 bridgehead atoms. The number of nitriles is 1. The zero-order chi connectivity index (χ0) is 14.0. The number of hydrogen-bond acceptors (Lipinski definition) is 4. The highest BCUT2D eigenvalue weighted by Crippen LogP contribution is 2.25. The second-order valence-corrected chi connectivity index (χ2v) is 6.67. The Kier molecular flexibility index (Phi) is 8.52. The van der Waals surface area contributed by atoms with E-state index in [0.29, 0.717) is 0 Å². The predicted molar refractivity (Wildman–Crippen MR) is 82.5 cm³/mol. The fraction of sp³-hybridized carbons (Fsp3) is 0.933. The van der Waals surface area contributed by atoms with Crippen molar-refractivity contribution < 1.29 is 4.74 Å². The number of rotatable bonds is 9. The van der Waals surface area contributed by atoms with Crippen molar-refractivity contribution >= 4 is 11.8 Å². The highest BCUT2D eigenvalue weighted by molar-refractivity contribution is 7.99. The van der Waals surface area contributed by atoms with Crippen molar-refractivity contribution in [1.82, 2.24) is 5.32 Å². The maximum Gasteiger partial charge on any atom is 0.106 e. The number of hydrogen-bond donors (Lipinski definition) is 1. The molecule has 1 atom stereocenters. The highest BCUT2D eigenvalue weighted by atomic mass is 32.2. The Morgan fingerprint density at radius 3 is 2.68 bits per heavy atom. The Bertz CT molecular complexity index is 274. The van der Waals surface area contributed by atoms with Crippen LogP contribution in [0.2, 0.25) is 0 Å². The van der Waals surface area contributed by atoms with Gasteiger partial charge in [0.05, 0.1) is 6.07 Å². The van der Waals surface area contributed by atoms with E-state index in [9.17, 15) is 5.26 Å². The first-order chi connectivity index (χ1) is 9.26. The minimum atomic E-state index is -0.299. The van der Waals surface area contributed by atoms with Gasteiger partial charge in [-0.3, -0.25) is 5.32 Å². The van der Waals surface area contributed by atoms with E-state index < -0.39 is 0 Å². The van der Waals surface area contributed by atoms with Gasteiger partial charge in [-0.25, -0.2) is 0 Å². The van der Waals surface area contributed by atoms with Crippen LogP contribution < -0.4 is 5.32 Å². The van der Waals surface area contributed by atoms with Crippen LogP contribution in [-0.4, -0.2) is 36.3 Å². The third-order valence-corrected chi connectivity index (χ3v) is 5.27. The van der Waals surface area contributed by atoms with Gasteiger partial charge in [0.2, 0.25) is 0 Å². The summed E-state index contributed by atoms with van der Waals surface area (Å²) in [6.45, 7) is 7.04. The quantitative estimate of drug-likeness (QED) is 0.660. The molecule has 1 aliphatic heterocycles. The Labute approximate surface area is 122 Å². The van der Waals surface area contributed by atoms with Crippen molar-refractivity contribution in [2.45, 2.75) is 63.2 Å². The molecule has 1 N–H and O–H groups in total. The number of nitrogens with one attached hydrogen (secondary N) is 1. The van der Waals surface area contributed by atoms with Crippen LogP contribution in [0.5, 0.6) is 0 Å². The lowest BCUT2D eigenvalue weighted by molar-refractivity contribution is 0.1000. The summed E-state index contributed by atoms with van der Waals surface area (Å²) in [6, 6.07) is 2.50. The molecular formula is C15H28N2OS. The molecule has 1 saturated heterocycles. The molecule has 0 aromatic heterocycles. The van der Waals surface area contributed by atoms with Crippen LogP contribution in [-0.2, 0) is 4.74 Å². The molecule has 1 heterocycles. The molecule has 1 unspecified atom stereocenters. The summed E-state index contributed by atoms with van der Waals surface area (Å²) in [7, 11) is 0. The van der Waals surface area contributed by atoms with Crippen molar-refractivity contribution in [2.75, 3.05) is 25.5 Å². The summed E-state index contributed by atoms with van der Waals surface area (Å²) in [4.78, 5) is 0. The van der Waals surface area contributed by atoms with Crippen molar-refractivity contribution in [3.63, 3.8) is 0 Å². The van der Waals surface area contributed by atoms with Crippen LogP contribution in [0.25, 0.3) is 0 Å². The standard InChI is InChI=1S/C15H28N2OS/c1-3-9-17-15(4-2,13-16)8-5-12-19-14-6-10-18-11-7-14/h14,17H,3-12H2,1-2H3. The minimum absolute atomic E-state index is 0.299. The molecular weight excluding hydrogens is 256 g/mol. The lowest BCUT2D eigenvalue weighted by atomic mass is 9.92. The maximum absolute atomic E-state index is 9.42. The van der Waals surface area contributed by atoms with Gasteiger partial charge in [-0.1, -0.05) is 13.8 Å². The molecule has 0 amide bonds. The summed E-state index contributed by atoms with van der Waals surface area (Å²) >= 11 is 2.07. The molecule has 0 saturated carbocycles. The van der Waals surface area contributed by atoms with Crippen LogP contribution in [0.15, 0.2) is 0 Å². The van der Waals surface area contributed by atoms with Gasteiger partial charge in [0.1, 0.15) is 5.54 Å². The van der Waals surface area contributed by atoms with Crippen LogP contribution >= 0.6 is 11.8 Å². The van der Waals surface area contributed by atoms with Crippen LogP contribution in [0, 0.1) is 11.3 Å². The molecule has 0 aromatic carbocycles. The third-order valence-electron chi connectivity index (χ3n) is 3.80. The first kappa shape index (κ1) is 16.8. The molecule has 4 heteroatoms. The second-order valence-electron chi connectivity index (χ2n) is 5.26. The first-order valence-corrected chi connectivity index (χ1v) is 8.67. The van der Waals surface area contributed by atoms with Gasteiger partial charge in [0.15, 0.2) is 0 Å². The van der Waals surface area contributed by atoms with E-state index in [1.165, 1.54) is 18.6 Å². The molecule has 19 heavy (non-hydrogen) atoms.